The zero-order valence-electron chi connectivity index (χ0n) is 17.1. The Hall–Kier alpha value is -0.870. The molecule has 0 saturated carbocycles. The van der Waals surface area contributed by atoms with Crippen LogP contribution in [0.15, 0.2) is 17.4 Å². The maximum atomic E-state index is 5.96. The number of likely N-dealkylation sites (tertiary alicyclic amines) is 1. The lowest BCUT2D eigenvalue weighted by molar-refractivity contribution is -0.00817. The molecule has 1 N–H and O–H groups in total. The number of aryl methyl sites for hydroxylation is 1. The summed E-state index contributed by atoms with van der Waals surface area (Å²) in [6.07, 6.45) is 6.64. The molecule has 7 nitrogen and oxygen atoms in total. The molecule has 1 aromatic heterocycles. The van der Waals surface area contributed by atoms with Gasteiger partial charge in [0.1, 0.15) is 6.10 Å². The molecule has 0 radical (unpaired) electrons. The maximum Gasteiger partial charge on any atom is 0.193 e. The van der Waals surface area contributed by atoms with Crippen molar-refractivity contribution in [3.05, 3.63) is 18.0 Å². The smallest absolute Gasteiger partial charge is 0.193 e. The van der Waals surface area contributed by atoms with Crippen molar-refractivity contribution in [1.82, 2.24) is 24.9 Å². The minimum Gasteiger partial charge on any atom is -0.370 e. The lowest BCUT2D eigenvalue weighted by Crippen LogP contribution is -2.52. The normalized spacial score (nSPS) is 22.8. The zero-order chi connectivity index (χ0) is 18.5. The second-order valence-electron chi connectivity index (χ2n) is 7.74. The summed E-state index contributed by atoms with van der Waals surface area (Å²) in [6, 6.07) is 0.560. The lowest BCUT2D eigenvalue weighted by atomic mass is 10.0. The van der Waals surface area contributed by atoms with E-state index in [-0.39, 0.29) is 30.1 Å². The van der Waals surface area contributed by atoms with Crippen LogP contribution in [0.5, 0.6) is 0 Å². The number of nitrogens with zero attached hydrogens (tertiary/aromatic N) is 5. The summed E-state index contributed by atoms with van der Waals surface area (Å²) in [6.45, 7) is 10.4. The number of hydrogen-bond acceptors (Lipinski definition) is 4. The van der Waals surface area contributed by atoms with Crippen LogP contribution >= 0.6 is 24.0 Å². The molecule has 0 aliphatic carbocycles. The van der Waals surface area contributed by atoms with Gasteiger partial charge in [0.15, 0.2) is 5.96 Å². The number of rotatable bonds is 5. The van der Waals surface area contributed by atoms with E-state index in [1.165, 1.54) is 25.9 Å². The van der Waals surface area contributed by atoms with E-state index >= 15 is 0 Å². The quantitative estimate of drug-likeness (QED) is 0.390. The molecule has 2 fully saturated rings. The molecule has 3 rings (SSSR count). The van der Waals surface area contributed by atoms with Crippen LogP contribution in [0, 0.1) is 5.92 Å². The fraction of sp³-hybridized carbons (Fsp3) is 0.789. The van der Waals surface area contributed by atoms with Gasteiger partial charge in [-0.2, -0.15) is 5.10 Å². The molecule has 27 heavy (non-hydrogen) atoms. The number of nitrogens with one attached hydrogen (secondary N) is 1. The number of hydrogen-bond donors (Lipinski definition) is 1. The molecule has 3 heterocycles. The first kappa shape index (κ1) is 22.4. The molecule has 0 amide bonds. The highest BCUT2D eigenvalue weighted by atomic mass is 127. The Morgan fingerprint density at radius 1 is 1.33 bits per heavy atom. The topological polar surface area (TPSA) is 57.9 Å². The molecule has 2 aliphatic rings. The second-order valence-corrected chi connectivity index (χ2v) is 7.74. The summed E-state index contributed by atoms with van der Waals surface area (Å²) >= 11 is 0. The van der Waals surface area contributed by atoms with E-state index in [4.69, 9.17) is 4.74 Å². The van der Waals surface area contributed by atoms with Gasteiger partial charge < -0.3 is 15.0 Å². The van der Waals surface area contributed by atoms with Crippen LogP contribution in [0.25, 0.3) is 0 Å². The Balaban J connectivity index is 0.00000261. The van der Waals surface area contributed by atoms with E-state index in [1.54, 1.807) is 0 Å². The van der Waals surface area contributed by atoms with E-state index in [0.717, 1.165) is 31.2 Å². The Kier molecular flexibility index (Phi) is 8.81. The first-order valence-electron chi connectivity index (χ1n) is 9.88. The Morgan fingerprint density at radius 3 is 2.67 bits per heavy atom. The fourth-order valence-corrected chi connectivity index (χ4v) is 4.04. The largest absolute Gasteiger partial charge is 0.370 e. The van der Waals surface area contributed by atoms with Gasteiger partial charge in [-0.15, -0.1) is 24.0 Å². The van der Waals surface area contributed by atoms with Crippen molar-refractivity contribution in [2.24, 2.45) is 18.0 Å². The van der Waals surface area contributed by atoms with Crippen LogP contribution in [0.1, 0.15) is 38.4 Å². The number of aliphatic imine (C=N–C) groups is 1. The van der Waals surface area contributed by atoms with Crippen LogP contribution in [0.4, 0.5) is 0 Å². The van der Waals surface area contributed by atoms with Gasteiger partial charge in [0.25, 0.3) is 0 Å². The van der Waals surface area contributed by atoms with Crippen LogP contribution in [-0.2, 0) is 11.8 Å². The molecule has 2 aliphatic heterocycles. The van der Waals surface area contributed by atoms with Gasteiger partial charge in [-0.05, 0) is 31.8 Å². The van der Waals surface area contributed by atoms with Gasteiger partial charge in [-0.3, -0.25) is 14.6 Å². The lowest BCUT2D eigenvalue weighted by Gasteiger charge is -2.36. The Labute approximate surface area is 180 Å². The highest BCUT2D eigenvalue weighted by Crippen LogP contribution is 2.22. The van der Waals surface area contributed by atoms with Gasteiger partial charge in [0.05, 0.1) is 19.3 Å². The van der Waals surface area contributed by atoms with Crippen molar-refractivity contribution in [2.75, 3.05) is 46.4 Å². The molecule has 0 spiro atoms. The summed E-state index contributed by atoms with van der Waals surface area (Å²) in [5, 5.41) is 7.90. The van der Waals surface area contributed by atoms with Crippen molar-refractivity contribution in [2.45, 2.75) is 38.8 Å². The molecule has 1 aromatic rings. The van der Waals surface area contributed by atoms with Gasteiger partial charge in [-0.1, -0.05) is 13.8 Å². The summed E-state index contributed by atoms with van der Waals surface area (Å²) in [5.74, 6) is 1.61. The van der Waals surface area contributed by atoms with E-state index in [2.05, 4.69) is 39.1 Å². The molecule has 8 heteroatoms. The second kappa shape index (κ2) is 10.6. The average molecular weight is 490 g/mol. The predicted octanol–water partition coefficient (Wildman–Crippen LogP) is 2.11. The molecular formula is C19H35IN6O. The van der Waals surface area contributed by atoms with E-state index in [9.17, 15) is 0 Å². The van der Waals surface area contributed by atoms with E-state index in [1.807, 2.05) is 31.2 Å². The number of halogens is 1. The number of guanidine groups is 1. The molecule has 0 bridgehead atoms. The third-order valence-electron chi connectivity index (χ3n) is 5.52. The number of morpholine rings is 1. The van der Waals surface area contributed by atoms with Crippen LogP contribution in [0.2, 0.25) is 0 Å². The molecule has 154 valence electrons. The SMILES string of the molecule is CN=C(NCC(C(C)C)N1CCCC1)N1CCOC(c2cnn(C)c2)C1.I. The monoisotopic (exact) mass is 490 g/mol. The molecule has 2 atom stereocenters. The van der Waals surface area contributed by atoms with E-state index < -0.39 is 0 Å². The van der Waals surface area contributed by atoms with Gasteiger partial charge >= 0.3 is 0 Å². The molecule has 2 unspecified atom stereocenters. The summed E-state index contributed by atoms with van der Waals surface area (Å²) in [4.78, 5) is 9.48. The predicted molar refractivity (Wildman–Crippen MR) is 120 cm³/mol. The summed E-state index contributed by atoms with van der Waals surface area (Å²) in [7, 11) is 3.81. The van der Waals surface area contributed by atoms with Crippen molar-refractivity contribution in [3.63, 3.8) is 0 Å². The van der Waals surface area contributed by atoms with Crippen molar-refractivity contribution in [1.29, 1.82) is 0 Å². The molecule has 0 aromatic carbocycles. The molecule has 2 saturated heterocycles. The minimum atomic E-state index is 0. The first-order valence-corrected chi connectivity index (χ1v) is 9.88. The minimum absolute atomic E-state index is 0. The van der Waals surface area contributed by atoms with Crippen LogP contribution in [0.3, 0.4) is 0 Å². The fourth-order valence-electron chi connectivity index (χ4n) is 4.04. The average Bonchev–Trinajstić information content (AvgIpc) is 3.30. The van der Waals surface area contributed by atoms with Gasteiger partial charge in [-0.25, -0.2) is 0 Å². The van der Waals surface area contributed by atoms with Gasteiger partial charge in [0.2, 0.25) is 0 Å². The zero-order valence-corrected chi connectivity index (χ0v) is 19.4. The number of aromatic nitrogens is 2. The summed E-state index contributed by atoms with van der Waals surface area (Å²) < 4.78 is 7.79. The van der Waals surface area contributed by atoms with Gasteiger partial charge in [0, 0.05) is 45.0 Å². The van der Waals surface area contributed by atoms with E-state index in [0.29, 0.717) is 18.6 Å². The summed E-state index contributed by atoms with van der Waals surface area (Å²) in [5.41, 5.74) is 1.13. The van der Waals surface area contributed by atoms with Crippen molar-refractivity contribution >= 4 is 29.9 Å². The third-order valence-corrected chi connectivity index (χ3v) is 5.52. The van der Waals surface area contributed by atoms with Crippen molar-refractivity contribution in [3.8, 4) is 0 Å². The molecular weight excluding hydrogens is 455 g/mol. The van der Waals surface area contributed by atoms with Crippen molar-refractivity contribution < 1.29 is 4.74 Å². The number of ether oxygens (including phenoxy) is 1. The maximum absolute atomic E-state index is 5.96. The van der Waals surface area contributed by atoms with Crippen LogP contribution < -0.4 is 5.32 Å². The Morgan fingerprint density at radius 2 is 2.07 bits per heavy atom. The third kappa shape index (κ3) is 5.80. The highest BCUT2D eigenvalue weighted by molar-refractivity contribution is 14.0. The standard InChI is InChI=1S/C19H34N6O.HI/c1-15(2)17(24-7-5-6-8-24)12-21-19(20-3)25-9-10-26-18(14-25)16-11-22-23(4)13-16;/h11,13,15,17-18H,5-10,12,14H2,1-4H3,(H,20,21);1H. The highest BCUT2D eigenvalue weighted by Gasteiger charge is 2.28. The Bertz CT molecular complexity index is 599. The first-order chi connectivity index (χ1) is 12.6. The van der Waals surface area contributed by atoms with Crippen LogP contribution in [-0.4, -0.2) is 78.0 Å².